The van der Waals surface area contributed by atoms with Gasteiger partial charge in [-0.2, -0.15) is 0 Å². The number of aromatic amines is 1. The van der Waals surface area contributed by atoms with Gasteiger partial charge >= 0.3 is 0 Å². The minimum Gasteiger partial charge on any atom is -0.462 e. The monoisotopic (exact) mass is 291 g/mol. The summed E-state index contributed by atoms with van der Waals surface area (Å²) in [6, 6.07) is 8.12. The van der Waals surface area contributed by atoms with Gasteiger partial charge in [-0.05, 0) is 57.8 Å². The standard InChI is InChI=1S/C11H15N3.C5H10O2/c1-13-5-4-10-6-8-2-3-9(12)7-11(8)14-10;1-5(2,3)7-4-6/h2-3,6-7,13-14H,4-5,12H2,1H3;4H,1-3H3. The molecule has 0 fully saturated rings. The van der Waals surface area contributed by atoms with Gasteiger partial charge in [0.15, 0.2) is 0 Å². The number of benzene rings is 1. The van der Waals surface area contributed by atoms with Crippen LogP contribution in [0.15, 0.2) is 24.3 Å². The van der Waals surface area contributed by atoms with Gasteiger partial charge in [0.1, 0.15) is 5.60 Å². The molecule has 4 N–H and O–H groups in total. The topological polar surface area (TPSA) is 80.1 Å². The first-order valence-electron chi connectivity index (χ1n) is 6.99. The van der Waals surface area contributed by atoms with Crippen LogP contribution in [0.2, 0.25) is 0 Å². The molecule has 5 nitrogen and oxygen atoms in total. The molecule has 1 aromatic heterocycles. The van der Waals surface area contributed by atoms with Crippen molar-refractivity contribution >= 4 is 23.1 Å². The summed E-state index contributed by atoms with van der Waals surface area (Å²) in [7, 11) is 1.96. The number of nitrogens with two attached hydrogens (primary N) is 1. The van der Waals surface area contributed by atoms with E-state index in [-0.39, 0.29) is 5.60 Å². The Morgan fingerprint density at radius 2 is 2.05 bits per heavy atom. The quantitative estimate of drug-likeness (QED) is 0.597. The van der Waals surface area contributed by atoms with E-state index in [1.807, 2.05) is 46.0 Å². The number of hydrogen-bond donors (Lipinski definition) is 3. The van der Waals surface area contributed by atoms with Crippen molar-refractivity contribution in [3.63, 3.8) is 0 Å². The van der Waals surface area contributed by atoms with Crippen molar-refractivity contribution in [2.45, 2.75) is 32.8 Å². The molecular formula is C16H25N3O2. The third kappa shape index (κ3) is 6.31. The maximum absolute atomic E-state index is 9.60. The number of aromatic nitrogens is 1. The Labute approximate surface area is 125 Å². The molecule has 0 aliphatic rings. The molecule has 0 unspecified atom stereocenters. The van der Waals surface area contributed by atoms with E-state index in [2.05, 4.69) is 21.1 Å². The Morgan fingerprint density at radius 1 is 1.33 bits per heavy atom. The summed E-state index contributed by atoms with van der Waals surface area (Å²) in [4.78, 5) is 12.9. The van der Waals surface area contributed by atoms with E-state index in [0.29, 0.717) is 6.47 Å². The first-order valence-corrected chi connectivity index (χ1v) is 6.99. The number of H-pyrrole nitrogens is 1. The Morgan fingerprint density at radius 3 is 2.57 bits per heavy atom. The fourth-order valence-corrected chi connectivity index (χ4v) is 1.74. The van der Waals surface area contributed by atoms with Crippen LogP contribution in [-0.4, -0.2) is 30.6 Å². The van der Waals surface area contributed by atoms with Crippen molar-refractivity contribution in [1.29, 1.82) is 0 Å². The molecule has 0 aliphatic heterocycles. The lowest BCUT2D eigenvalue weighted by Gasteiger charge is -2.14. The Bertz CT molecular complexity index is 570. The summed E-state index contributed by atoms with van der Waals surface area (Å²) in [6.07, 6.45) is 1.02. The molecule has 0 saturated heterocycles. The Hall–Kier alpha value is -2.01. The molecule has 1 heterocycles. The van der Waals surface area contributed by atoms with E-state index < -0.39 is 0 Å². The van der Waals surface area contributed by atoms with Crippen molar-refractivity contribution in [3.8, 4) is 0 Å². The van der Waals surface area contributed by atoms with Gasteiger partial charge in [-0.15, -0.1) is 0 Å². The molecule has 0 amide bonds. The molecule has 21 heavy (non-hydrogen) atoms. The molecule has 116 valence electrons. The average Bonchev–Trinajstić information content (AvgIpc) is 2.77. The molecule has 2 aromatic rings. The molecule has 1 aromatic carbocycles. The van der Waals surface area contributed by atoms with Crippen LogP contribution in [0.3, 0.4) is 0 Å². The first-order chi connectivity index (χ1) is 9.85. The zero-order valence-corrected chi connectivity index (χ0v) is 13.2. The second-order valence-electron chi connectivity index (χ2n) is 5.82. The Balaban J connectivity index is 0.000000270. The van der Waals surface area contributed by atoms with Crippen LogP contribution in [0.1, 0.15) is 26.5 Å². The predicted molar refractivity (Wildman–Crippen MR) is 87.2 cm³/mol. The molecule has 0 atom stereocenters. The molecule has 5 heteroatoms. The number of fused-ring (bicyclic) bond motifs is 1. The van der Waals surface area contributed by atoms with Gasteiger partial charge in [0.2, 0.25) is 0 Å². The second kappa shape index (κ2) is 7.69. The van der Waals surface area contributed by atoms with E-state index >= 15 is 0 Å². The van der Waals surface area contributed by atoms with E-state index in [1.54, 1.807) is 0 Å². The van der Waals surface area contributed by atoms with Crippen LogP contribution in [-0.2, 0) is 16.0 Å². The Kier molecular flexibility index (Phi) is 6.24. The van der Waals surface area contributed by atoms with Gasteiger partial charge in [-0.25, -0.2) is 0 Å². The third-order valence-electron chi connectivity index (χ3n) is 2.75. The number of rotatable bonds is 4. The molecule has 0 spiro atoms. The summed E-state index contributed by atoms with van der Waals surface area (Å²) in [5.41, 5.74) is 8.56. The first kappa shape index (κ1) is 17.0. The van der Waals surface area contributed by atoms with E-state index in [1.165, 1.54) is 11.1 Å². The highest BCUT2D eigenvalue weighted by atomic mass is 16.5. The SMILES string of the molecule is CC(C)(C)OC=O.CNCCc1cc2ccc(N)cc2[nH]1. The lowest BCUT2D eigenvalue weighted by Crippen LogP contribution is -2.17. The van der Waals surface area contributed by atoms with Crippen LogP contribution in [0.25, 0.3) is 10.9 Å². The number of anilines is 1. The van der Waals surface area contributed by atoms with Crippen molar-refractivity contribution in [1.82, 2.24) is 10.3 Å². The lowest BCUT2D eigenvalue weighted by atomic mass is 10.2. The molecule has 0 bridgehead atoms. The second-order valence-corrected chi connectivity index (χ2v) is 5.82. The summed E-state index contributed by atoms with van der Waals surface area (Å²) >= 11 is 0. The van der Waals surface area contributed by atoms with Crippen molar-refractivity contribution in [2.75, 3.05) is 19.3 Å². The highest BCUT2D eigenvalue weighted by molar-refractivity contribution is 5.83. The number of nitrogen functional groups attached to an aromatic ring is 1. The van der Waals surface area contributed by atoms with Crippen molar-refractivity contribution in [3.05, 3.63) is 30.0 Å². The zero-order valence-electron chi connectivity index (χ0n) is 13.2. The number of carbonyl (C=O) groups excluding carboxylic acids is 1. The maximum atomic E-state index is 9.60. The highest BCUT2D eigenvalue weighted by Crippen LogP contribution is 2.18. The maximum Gasteiger partial charge on any atom is 0.293 e. The minimum absolute atomic E-state index is 0.318. The molecular weight excluding hydrogens is 266 g/mol. The number of ether oxygens (including phenoxy) is 1. The predicted octanol–water partition coefficient (Wildman–Crippen LogP) is 2.47. The van der Waals surface area contributed by atoms with Crippen molar-refractivity contribution in [2.24, 2.45) is 0 Å². The summed E-state index contributed by atoms with van der Waals surface area (Å²) < 4.78 is 4.55. The van der Waals surface area contributed by atoms with Crippen LogP contribution in [0.4, 0.5) is 5.69 Å². The van der Waals surface area contributed by atoms with Gasteiger partial charge in [0.25, 0.3) is 6.47 Å². The fraction of sp³-hybridized carbons (Fsp3) is 0.438. The smallest absolute Gasteiger partial charge is 0.293 e. The molecule has 0 aliphatic carbocycles. The van der Waals surface area contributed by atoms with Crippen molar-refractivity contribution < 1.29 is 9.53 Å². The number of likely N-dealkylation sites (N-methyl/N-ethyl adjacent to an activating group) is 1. The van der Waals surface area contributed by atoms with Crippen LogP contribution in [0, 0.1) is 0 Å². The lowest BCUT2D eigenvalue weighted by molar-refractivity contribution is -0.138. The number of hydrogen-bond acceptors (Lipinski definition) is 4. The van der Waals surface area contributed by atoms with Crippen LogP contribution in [0.5, 0.6) is 0 Å². The van der Waals surface area contributed by atoms with Gasteiger partial charge in [-0.1, -0.05) is 6.07 Å². The van der Waals surface area contributed by atoms with Gasteiger partial charge < -0.3 is 20.8 Å². The zero-order chi connectivity index (χ0) is 15.9. The van der Waals surface area contributed by atoms with Gasteiger partial charge in [0.05, 0.1) is 0 Å². The molecule has 0 saturated carbocycles. The van der Waals surface area contributed by atoms with Gasteiger partial charge in [-0.3, -0.25) is 4.79 Å². The summed E-state index contributed by atoms with van der Waals surface area (Å²) in [5.74, 6) is 0. The minimum atomic E-state index is -0.318. The fourth-order valence-electron chi connectivity index (χ4n) is 1.74. The number of nitrogens with one attached hydrogen (secondary N) is 2. The van der Waals surface area contributed by atoms with E-state index in [4.69, 9.17) is 5.73 Å². The average molecular weight is 291 g/mol. The summed E-state index contributed by atoms with van der Waals surface area (Å²) in [6.45, 7) is 6.91. The van der Waals surface area contributed by atoms with Gasteiger partial charge in [0, 0.05) is 23.4 Å². The van der Waals surface area contributed by atoms with E-state index in [0.717, 1.165) is 24.2 Å². The normalized spacial score (nSPS) is 10.9. The van der Waals surface area contributed by atoms with Crippen LogP contribution >= 0.6 is 0 Å². The largest absolute Gasteiger partial charge is 0.462 e. The third-order valence-corrected chi connectivity index (χ3v) is 2.75. The number of carbonyl (C=O) groups is 1. The van der Waals surface area contributed by atoms with E-state index in [9.17, 15) is 4.79 Å². The molecule has 2 rings (SSSR count). The highest BCUT2D eigenvalue weighted by Gasteiger charge is 2.07. The summed E-state index contributed by atoms with van der Waals surface area (Å²) in [5, 5.41) is 4.35. The van der Waals surface area contributed by atoms with Crippen LogP contribution < -0.4 is 11.1 Å². The molecule has 0 radical (unpaired) electrons.